The number of carbonyl (C=O) groups excluding carboxylic acids is 1. The van der Waals surface area contributed by atoms with E-state index in [0.717, 1.165) is 12.2 Å². The van der Waals surface area contributed by atoms with E-state index in [0.29, 0.717) is 37.6 Å². The normalized spacial score (nSPS) is 19.2. The van der Waals surface area contributed by atoms with Crippen LogP contribution >= 0.6 is 0 Å². The summed E-state index contributed by atoms with van der Waals surface area (Å²) in [5.41, 5.74) is 0.739. The largest absolute Gasteiger partial charge is 0.408 e. The van der Waals surface area contributed by atoms with Gasteiger partial charge in [-0.3, -0.25) is 10.2 Å². The molecule has 2 amide bonds. The first-order valence-electron chi connectivity index (χ1n) is 10.5. The molecule has 0 aromatic carbocycles. The van der Waals surface area contributed by atoms with E-state index in [9.17, 15) is 18.0 Å². The number of pyridine rings is 2. The zero-order valence-corrected chi connectivity index (χ0v) is 17.3. The van der Waals surface area contributed by atoms with Crippen molar-refractivity contribution in [3.8, 4) is 0 Å². The third-order valence-corrected chi connectivity index (χ3v) is 5.70. The quantitative estimate of drug-likeness (QED) is 0.782. The summed E-state index contributed by atoms with van der Waals surface area (Å²) in [4.78, 5) is 26.7. The van der Waals surface area contributed by atoms with Crippen LogP contribution in [-0.4, -0.2) is 54.4 Å². The molecule has 0 bridgehead atoms. The smallest absolute Gasteiger partial charge is 0.369 e. The van der Waals surface area contributed by atoms with Crippen LogP contribution in [0.15, 0.2) is 36.5 Å². The fourth-order valence-electron chi connectivity index (χ4n) is 4.20. The number of amides is 2. The molecule has 1 fully saturated rings. The molecule has 0 spiro atoms. The Morgan fingerprint density at radius 1 is 1.16 bits per heavy atom. The minimum Gasteiger partial charge on any atom is -0.369 e. The molecule has 2 aliphatic rings. The van der Waals surface area contributed by atoms with Crippen LogP contribution in [0.4, 0.5) is 41.1 Å². The van der Waals surface area contributed by atoms with E-state index in [1.807, 2.05) is 6.92 Å². The third kappa shape index (κ3) is 4.38. The number of nitrogens with one attached hydrogen (secondary N) is 1. The van der Waals surface area contributed by atoms with Gasteiger partial charge in [0.25, 0.3) is 0 Å². The van der Waals surface area contributed by atoms with Crippen LogP contribution in [0.3, 0.4) is 0 Å². The summed E-state index contributed by atoms with van der Waals surface area (Å²) in [6.45, 7) is 4.13. The SMILES string of the molecule is CCN1CCCN(C(=O)Nc2ccccn2)c2nc(N3CCC[C@@H]3C(F)(F)F)ccc21. The van der Waals surface area contributed by atoms with Crippen LogP contribution in [-0.2, 0) is 0 Å². The Hall–Kier alpha value is -3.04. The van der Waals surface area contributed by atoms with Gasteiger partial charge in [-0.1, -0.05) is 6.07 Å². The lowest BCUT2D eigenvalue weighted by molar-refractivity contribution is -0.146. The van der Waals surface area contributed by atoms with Crippen molar-refractivity contribution in [2.24, 2.45) is 0 Å². The number of hydrogen-bond donors (Lipinski definition) is 1. The summed E-state index contributed by atoms with van der Waals surface area (Å²) < 4.78 is 40.5. The van der Waals surface area contributed by atoms with Gasteiger partial charge in [-0.25, -0.2) is 14.8 Å². The number of anilines is 4. The van der Waals surface area contributed by atoms with Crippen LogP contribution < -0.4 is 20.0 Å². The van der Waals surface area contributed by atoms with Crippen LogP contribution in [0.1, 0.15) is 26.2 Å². The molecule has 4 heterocycles. The lowest BCUT2D eigenvalue weighted by atomic mass is 10.2. The standard InChI is InChI=1S/C21H25F3N6O/c1-2-28-12-6-14-30(20(31)26-17-8-3-4-11-25-17)19-15(28)9-10-18(27-19)29-13-5-7-16(29)21(22,23)24/h3-4,8-11,16H,2,5-7,12-14H2,1H3,(H,25,26,31)/t16-/m1/s1. The van der Waals surface area contributed by atoms with Crippen molar-refractivity contribution in [1.29, 1.82) is 0 Å². The zero-order chi connectivity index (χ0) is 22.0. The monoisotopic (exact) mass is 434 g/mol. The number of urea groups is 1. The summed E-state index contributed by atoms with van der Waals surface area (Å²) in [6, 6.07) is 6.64. The van der Waals surface area contributed by atoms with Gasteiger partial charge in [0.15, 0.2) is 5.82 Å². The van der Waals surface area contributed by atoms with Crippen LogP contribution in [0, 0.1) is 0 Å². The molecule has 2 aromatic heterocycles. The van der Waals surface area contributed by atoms with Crippen LogP contribution in [0.5, 0.6) is 0 Å². The maximum absolute atomic E-state index is 13.5. The van der Waals surface area contributed by atoms with E-state index in [-0.39, 0.29) is 18.8 Å². The molecule has 1 atom stereocenters. The van der Waals surface area contributed by atoms with Crippen LogP contribution in [0.2, 0.25) is 0 Å². The van der Waals surface area contributed by atoms with Crippen molar-refractivity contribution in [3.05, 3.63) is 36.5 Å². The van der Waals surface area contributed by atoms with Crippen LogP contribution in [0.25, 0.3) is 0 Å². The zero-order valence-electron chi connectivity index (χ0n) is 17.3. The van der Waals surface area contributed by atoms with E-state index in [2.05, 4.69) is 20.2 Å². The first-order chi connectivity index (χ1) is 14.9. The molecule has 1 saturated heterocycles. The number of halogens is 3. The summed E-state index contributed by atoms with van der Waals surface area (Å²) in [5, 5.41) is 2.76. The number of carbonyl (C=O) groups is 1. The highest BCUT2D eigenvalue weighted by Gasteiger charge is 2.46. The summed E-state index contributed by atoms with van der Waals surface area (Å²) in [7, 11) is 0. The van der Waals surface area contributed by atoms with E-state index >= 15 is 0 Å². The molecule has 4 rings (SSSR count). The third-order valence-electron chi connectivity index (χ3n) is 5.70. The second-order valence-corrected chi connectivity index (χ2v) is 7.64. The number of rotatable bonds is 3. The second-order valence-electron chi connectivity index (χ2n) is 7.64. The highest BCUT2D eigenvalue weighted by atomic mass is 19.4. The van der Waals surface area contributed by atoms with Gasteiger partial charge < -0.3 is 9.80 Å². The number of hydrogen-bond acceptors (Lipinski definition) is 5. The molecule has 1 N–H and O–H groups in total. The maximum atomic E-state index is 13.5. The van der Waals surface area contributed by atoms with Crippen molar-refractivity contribution in [1.82, 2.24) is 9.97 Å². The predicted molar refractivity (Wildman–Crippen MR) is 114 cm³/mol. The molecule has 31 heavy (non-hydrogen) atoms. The average Bonchev–Trinajstić information content (AvgIpc) is 3.18. The lowest BCUT2D eigenvalue weighted by Crippen LogP contribution is -2.42. The highest BCUT2D eigenvalue weighted by molar-refractivity contribution is 6.02. The van der Waals surface area contributed by atoms with Crippen molar-refractivity contribution in [2.75, 3.05) is 46.2 Å². The Labute approximate surface area is 178 Å². The van der Waals surface area contributed by atoms with E-state index in [1.54, 1.807) is 36.5 Å². The first kappa shape index (κ1) is 21.2. The molecule has 7 nitrogen and oxygen atoms in total. The van der Waals surface area contributed by atoms with Gasteiger partial charge in [0.2, 0.25) is 0 Å². The van der Waals surface area contributed by atoms with Gasteiger partial charge in [-0.15, -0.1) is 0 Å². The van der Waals surface area contributed by atoms with E-state index in [1.165, 1.54) is 9.80 Å². The number of fused-ring (bicyclic) bond motifs is 1. The Bertz CT molecular complexity index is 923. The summed E-state index contributed by atoms with van der Waals surface area (Å²) in [6.07, 6.45) is -1.53. The van der Waals surface area contributed by atoms with Gasteiger partial charge in [-0.2, -0.15) is 13.2 Å². The minimum atomic E-state index is -4.32. The average molecular weight is 434 g/mol. The Morgan fingerprint density at radius 2 is 2.00 bits per heavy atom. The van der Waals surface area contributed by atoms with Gasteiger partial charge in [0, 0.05) is 32.4 Å². The molecular formula is C21H25F3N6O. The fraction of sp³-hybridized carbons (Fsp3) is 0.476. The van der Waals surface area contributed by atoms with Crippen molar-refractivity contribution in [2.45, 2.75) is 38.4 Å². The van der Waals surface area contributed by atoms with Gasteiger partial charge in [0.05, 0.1) is 5.69 Å². The molecule has 2 aromatic rings. The van der Waals surface area contributed by atoms with Gasteiger partial charge >= 0.3 is 12.2 Å². The molecule has 0 unspecified atom stereocenters. The number of alkyl halides is 3. The molecule has 166 valence electrons. The van der Waals surface area contributed by atoms with E-state index in [4.69, 9.17) is 0 Å². The van der Waals surface area contributed by atoms with Gasteiger partial charge in [0.1, 0.15) is 17.7 Å². The second kappa shape index (κ2) is 8.60. The Kier molecular flexibility index (Phi) is 5.88. The van der Waals surface area contributed by atoms with Crippen molar-refractivity contribution in [3.63, 3.8) is 0 Å². The van der Waals surface area contributed by atoms with Crippen molar-refractivity contribution >= 4 is 29.2 Å². The predicted octanol–water partition coefficient (Wildman–Crippen LogP) is 4.28. The van der Waals surface area contributed by atoms with E-state index < -0.39 is 18.2 Å². The maximum Gasteiger partial charge on any atom is 0.408 e. The topological polar surface area (TPSA) is 64.6 Å². The van der Waals surface area contributed by atoms with Crippen molar-refractivity contribution < 1.29 is 18.0 Å². The lowest BCUT2D eigenvalue weighted by Gasteiger charge is -2.30. The molecule has 0 radical (unpaired) electrons. The number of aromatic nitrogens is 2. The molecule has 2 aliphatic heterocycles. The summed E-state index contributed by atoms with van der Waals surface area (Å²) in [5.74, 6) is 1.02. The number of nitrogens with zero attached hydrogens (tertiary/aromatic N) is 5. The minimum absolute atomic E-state index is 0.0488. The molecule has 0 saturated carbocycles. The first-order valence-corrected chi connectivity index (χ1v) is 10.5. The highest BCUT2D eigenvalue weighted by Crippen LogP contribution is 2.38. The molecule has 0 aliphatic carbocycles. The fourth-order valence-corrected chi connectivity index (χ4v) is 4.20. The molecular weight excluding hydrogens is 409 g/mol. The molecule has 10 heteroatoms. The van der Waals surface area contributed by atoms with Gasteiger partial charge in [-0.05, 0) is 50.5 Å². The Morgan fingerprint density at radius 3 is 2.71 bits per heavy atom. The Balaban J connectivity index is 1.70. The summed E-state index contributed by atoms with van der Waals surface area (Å²) >= 11 is 0.